The molecule has 0 heterocycles. The third-order valence-electron chi connectivity index (χ3n) is 3.12. The molecule has 0 saturated carbocycles. The summed E-state index contributed by atoms with van der Waals surface area (Å²) >= 11 is 0. The maximum Gasteiger partial charge on any atom is 0.191 e. The molecule has 0 radical (unpaired) electrons. The summed E-state index contributed by atoms with van der Waals surface area (Å²) in [5.41, 5.74) is 0. The summed E-state index contributed by atoms with van der Waals surface area (Å²) in [6, 6.07) is 0. The van der Waals surface area contributed by atoms with Crippen molar-refractivity contribution in [2.45, 2.75) is 59.3 Å². The molecule has 0 saturated heterocycles. The van der Waals surface area contributed by atoms with E-state index in [2.05, 4.69) is 36.4 Å². The molecule has 0 fully saturated rings. The minimum Gasteiger partial charge on any atom is -0.385 e. The monoisotopic (exact) mass is 285 g/mol. The number of unbranched alkanes of at least 4 members (excludes halogenated alkanes) is 3. The van der Waals surface area contributed by atoms with Crippen LogP contribution in [0.3, 0.4) is 0 Å². The van der Waals surface area contributed by atoms with E-state index in [4.69, 9.17) is 4.74 Å². The molecule has 20 heavy (non-hydrogen) atoms. The highest BCUT2D eigenvalue weighted by Crippen LogP contribution is 2.05. The molecule has 0 spiro atoms. The van der Waals surface area contributed by atoms with Gasteiger partial charge in [-0.3, -0.25) is 4.99 Å². The molecule has 0 aliphatic carbocycles. The summed E-state index contributed by atoms with van der Waals surface area (Å²) in [7, 11) is 1.75. The summed E-state index contributed by atoms with van der Waals surface area (Å²) in [5.74, 6) is 1.77. The highest BCUT2D eigenvalue weighted by Gasteiger charge is 1.98. The Morgan fingerprint density at radius 2 is 1.85 bits per heavy atom. The van der Waals surface area contributed by atoms with Gasteiger partial charge >= 0.3 is 0 Å². The number of ether oxygens (including phenoxy) is 1. The van der Waals surface area contributed by atoms with Crippen LogP contribution in [0.25, 0.3) is 0 Å². The number of nitrogens with one attached hydrogen (secondary N) is 2. The predicted octanol–water partition coefficient (Wildman–Crippen LogP) is 3.18. The topological polar surface area (TPSA) is 45.7 Å². The fourth-order valence-corrected chi connectivity index (χ4v) is 1.95. The van der Waals surface area contributed by atoms with E-state index in [9.17, 15) is 0 Å². The second-order valence-corrected chi connectivity index (χ2v) is 5.63. The Morgan fingerprint density at radius 3 is 2.50 bits per heavy atom. The molecule has 0 aliphatic heterocycles. The summed E-state index contributed by atoms with van der Waals surface area (Å²) in [6.45, 7) is 10.4. The number of aliphatic imine (C=N–C) groups is 1. The summed E-state index contributed by atoms with van der Waals surface area (Å²) < 4.78 is 5.04. The Balaban J connectivity index is 3.67. The SMILES string of the molecule is CCNC(=NCCCCCOC)NCCCCC(C)C. The lowest BCUT2D eigenvalue weighted by molar-refractivity contribution is 0.192. The number of guanidine groups is 1. The van der Waals surface area contributed by atoms with E-state index in [1.165, 1.54) is 25.7 Å². The molecule has 0 aromatic heterocycles. The first-order valence-corrected chi connectivity index (χ1v) is 8.21. The second-order valence-electron chi connectivity index (χ2n) is 5.63. The van der Waals surface area contributed by atoms with Crippen LogP contribution in [-0.4, -0.2) is 39.3 Å². The zero-order chi connectivity index (χ0) is 15.1. The van der Waals surface area contributed by atoms with E-state index in [1.54, 1.807) is 7.11 Å². The van der Waals surface area contributed by atoms with Gasteiger partial charge in [-0.1, -0.05) is 26.7 Å². The smallest absolute Gasteiger partial charge is 0.191 e. The first-order valence-electron chi connectivity index (χ1n) is 8.21. The van der Waals surface area contributed by atoms with Crippen molar-refractivity contribution in [1.82, 2.24) is 10.6 Å². The highest BCUT2D eigenvalue weighted by molar-refractivity contribution is 5.79. The predicted molar refractivity (Wildman–Crippen MR) is 88.4 cm³/mol. The third kappa shape index (κ3) is 13.7. The van der Waals surface area contributed by atoms with Crippen LogP contribution in [0.1, 0.15) is 59.3 Å². The van der Waals surface area contributed by atoms with Crippen LogP contribution in [0.2, 0.25) is 0 Å². The first kappa shape index (κ1) is 19.2. The molecule has 0 unspecified atom stereocenters. The zero-order valence-corrected chi connectivity index (χ0v) is 14.0. The van der Waals surface area contributed by atoms with E-state index >= 15 is 0 Å². The molecule has 4 heteroatoms. The zero-order valence-electron chi connectivity index (χ0n) is 14.0. The van der Waals surface area contributed by atoms with Crippen molar-refractivity contribution in [2.24, 2.45) is 10.9 Å². The standard InChI is InChI=1S/C16H35N3O/c1-5-17-16(18-12-8-6-10-14-20-4)19-13-9-7-11-15(2)3/h15H,5-14H2,1-4H3,(H2,17,18,19). The van der Waals surface area contributed by atoms with Gasteiger partial charge in [0.05, 0.1) is 0 Å². The normalized spacial score (nSPS) is 11.9. The molecular weight excluding hydrogens is 250 g/mol. The average molecular weight is 285 g/mol. The Bertz CT molecular complexity index is 230. The first-order chi connectivity index (χ1) is 9.70. The number of rotatable bonds is 12. The molecule has 120 valence electrons. The fraction of sp³-hybridized carbons (Fsp3) is 0.938. The molecule has 0 bridgehead atoms. The minimum atomic E-state index is 0.809. The Kier molecular flexibility index (Phi) is 14.1. The molecule has 4 nitrogen and oxygen atoms in total. The van der Waals surface area contributed by atoms with Gasteiger partial charge in [0.1, 0.15) is 0 Å². The van der Waals surface area contributed by atoms with Crippen LogP contribution in [0, 0.1) is 5.92 Å². The molecule has 0 amide bonds. The molecule has 0 rings (SSSR count). The molecule has 0 atom stereocenters. The average Bonchev–Trinajstić information content (AvgIpc) is 2.41. The van der Waals surface area contributed by atoms with E-state index in [0.29, 0.717) is 0 Å². The fourth-order valence-electron chi connectivity index (χ4n) is 1.95. The van der Waals surface area contributed by atoms with Crippen LogP contribution >= 0.6 is 0 Å². The number of hydrogen-bond donors (Lipinski definition) is 2. The van der Waals surface area contributed by atoms with Gasteiger partial charge in [0, 0.05) is 33.4 Å². The maximum absolute atomic E-state index is 5.04. The van der Waals surface area contributed by atoms with Gasteiger partial charge in [-0.25, -0.2) is 0 Å². The lowest BCUT2D eigenvalue weighted by Gasteiger charge is -2.11. The Labute approximate surface area is 125 Å². The summed E-state index contributed by atoms with van der Waals surface area (Å²) in [5, 5.41) is 6.71. The molecule has 0 aromatic rings. The van der Waals surface area contributed by atoms with Crippen molar-refractivity contribution in [2.75, 3.05) is 33.4 Å². The van der Waals surface area contributed by atoms with Crippen LogP contribution in [0.15, 0.2) is 4.99 Å². The van der Waals surface area contributed by atoms with Gasteiger partial charge in [-0.05, 0) is 38.5 Å². The van der Waals surface area contributed by atoms with Gasteiger partial charge in [-0.2, -0.15) is 0 Å². The van der Waals surface area contributed by atoms with Crippen molar-refractivity contribution >= 4 is 5.96 Å². The van der Waals surface area contributed by atoms with E-state index in [0.717, 1.165) is 51.0 Å². The van der Waals surface area contributed by atoms with E-state index in [-0.39, 0.29) is 0 Å². The van der Waals surface area contributed by atoms with Crippen molar-refractivity contribution in [3.05, 3.63) is 0 Å². The van der Waals surface area contributed by atoms with Crippen molar-refractivity contribution < 1.29 is 4.74 Å². The van der Waals surface area contributed by atoms with Crippen LogP contribution in [0.4, 0.5) is 0 Å². The van der Waals surface area contributed by atoms with Crippen LogP contribution in [-0.2, 0) is 4.74 Å². The van der Waals surface area contributed by atoms with Crippen LogP contribution < -0.4 is 10.6 Å². The quantitative estimate of drug-likeness (QED) is 0.329. The molecule has 2 N–H and O–H groups in total. The van der Waals surface area contributed by atoms with Gasteiger partial charge in [-0.15, -0.1) is 0 Å². The second kappa shape index (κ2) is 14.6. The van der Waals surface area contributed by atoms with Gasteiger partial charge in [0.2, 0.25) is 0 Å². The van der Waals surface area contributed by atoms with Gasteiger partial charge < -0.3 is 15.4 Å². The highest BCUT2D eigenvalue weighted by atomic mass is 16.5. The third-order valence-corrected chi connectivity index (χ3v) is 3.12. The molecule has 0 aromatic carbocycles. The lowest BCUT2D eigenvalue weighted by Crippen LogP contribution is -2.37. The molecule has 0 aliphatic rings. The van der Waals surface area contributed by atoms with Crippen molar-refractivity contribution in [1.29, 1.82) is 0 Å². The minimum absolute atomic E-state index is 0.809. The maximum atomic E-state index is 5.04. The number of hydrogen-bond acceptors (Lipinski definition) is 2. The Morgan fingerprint density at radius 1 is 1.05 bits per heavy atom. The number of methoxy groups -OCH3 is 1. The van der Waals surface area contributed by atoms with Crippen molar-refractivity contribution in [3.63, 3.8) is 0 Å². The van der Waals surface area contributed by atoms with Gasteiger partial charge in [0.15, 0.2) is 5.96 Å². The summed E-state index contributed by atoms with van der Waals surface area (Å²) in [4.78, 5) is 4.60. The van der Waals surface area contributed by atoms with Crippen LogP contribution in [0.5, 0.6) is 0 Å². The van der Waals surface area contributed by atoms with E-state index in [1.807, 2.05) is 0 Å². The number of nitrogens with zero attached hydrogens (tertiary/aromatic N) is 1. The van der Waals surface area contributed by atoms with E-state index < -0.39 is 0 Å². The molecular formula is C16H35N3O. The van der Waals surface area contributed by atoms with Gasteiger partial charge in [0.25, 0.3) is 0 Å². The lowest BCUT2D eigenvalue weighted by atomic mass is 10.1. The van der Waals surface area contributed by atoms with Crippen molar-refractivity contribution in [3.8, 4) is 0 Å². The summed E-state index contributed by atoms with van der Waals surface area (Å²) in [6.07, 6.45) is 7.27. The largest absolute Gasteiger partial charge is 0.385 e. The Hall–Kier alpha value is -0.770.